The molecule has 36 heavy (non-hydrogen) atoms. The van der Waals surface area contributed by atoms with Crippen molar-refractivity contribution in [1.29, 1.82) is 0 Å². The Morgan fingerprint density at radius 2 is 1.61 bits per heavy atom. The van der Waals surface area contributed by atoms with E-state index in [0.29, 0.717) is 12.3 Å². The molecule has 2 aromatic rings. The van der Waals surface area contributed by atoms with E-state index < -0.39 is 11.3 Å². The third-order valence-electron chi connectivity index (χ3n) is 6.09. The van der Waals surface area contributed by atoms with Crippen LogP contribution in [0.15, 0.2) is 48.5 Å². The van der Waals surface area contributed by atoms with Crippen molar-refractivity contribution in [3.63, 3.8) is 0 Å². The number of nitrogens with zero attached hydrogens (tertiary/aromatic N) is 2. The molecule has 2 aromatic carbocycles. The Labute approximate surface area is 217 Å². The lowest BCUT2D eigenvalue weighted by Crippen LogP contribution is -2.54. The Bertz CT molecular complexity index is 984. The first kappa shape index (κ1) is 28.1. The predicted molar refractivity (Wildman–Crippen MR) is 144 cm³/mol. The molecule has 198 valence electrons. The first-order chi connectivity index (χ1) is 17.1. The lowest BCUT2D eigenvalue weighted by molar-refractivity contribution is 0.113. The summed E-state index contributed by atoms with van der Waals surface area (Å²) in [6, 6.07) is 15.9. The summed E-state index contributed by atoms with van der Waals surface area (Å²) in [5.41, 5.74) is 1.90. The van der Waals surface area contributed by atoms with Crippen LogP contribution < -0.4 is 14.8 Å². The molecule has 1 saturated heterocycles. The van der Waals surface area contributed by atoms with Gasteiger partial charge in [0, 0.05) is 44.3 Å². The van der Waals surface area contributed by atoms with Crippen molar-refractivity contribution in [2.75, 3.05) is 19.6 Å². The first-order valence-electron chi connectivity index (χ1n) is 12.6. The number of carbonyl (C=O) groups is 1. The zero-order valence-corrected chi connectivity index (χ0v) is 22.6. The highest BCUT2D eigenvalue weighted by molar-refractivity contribution is 7.77. The van der Waals surface area contributed by atoms with E-state index in [1.54, 1.807) is 0 Å². The summed E-state index contributed by atoms with van der Waals surface area (Å²) < 4.78 is 27.9. The van der Waals surface area contributed by atoms with Crippen molar-refractivity contribution < 1.29 is 18.3 Å². The highest BCUT2D eigenvalue weighted by Crippen LogP contribution is 2.24. The van der Waals surface area contributed by atoms with E-state index in [1.807, 2.05) is 62.1 Å². The van der Waals surface area contributed by atoms with Gasteiger partial charge in [-0.3, -0.25) is 9.45 Å². The predicted octanol–water partition coefficient (Wildman–Crippen LogP) is 4.89. The summed E-state index contributed by atoms with van der Waals surface area (Å²) in [4.78, 5) is 17.3. The van der Waals surface area contributed by atoms with Gasteiger partial charge in [0.1, 0.15) is 11.5 Å². The minimum Gasteiger partial charge on any atom is -0.457 e. The molecular formula is C27H40N4O4S. The maximum atomic E-state index is 12.8. The molecule has 1 fully saturated rings. The number of ether oxygens (including phenoxy) is 1. The third kappa shape index (κ3) is 9.20. The summed E-state index contributed by atoms with van der Waals surface area (Å²) in [7, 11) is 0. The van der Waals surface area contributed by atoms with Crippen LogP contribution in [0.5, 0.6) is 11.5 Å². The monoisotopic (exact) mass is 516 g/mol. The SMILES string of the molecule is CCCN(C(=O)NC(C)(C)C)C1CCN(Cc2ccc(Oc3ccc(CNS(=O)O)cc3)cc2)CC1. The van der Waals surface area contributed by atoms with E-state index in [2.05, 4.69) is 34.0 Å². The van der Waals surface area contributed by atoms with E-state index in [4.69, 9.17) is 9.29 Å². The Hall–Kier alpha value is -2.46. The second-order valence-electron chi connectivity index (χ2n) is 10.3. The van der Waals surface area contributed by atoms with Gasteiger partial charge in [0.05, 0.1) is 0 Å². The van der Waals surface area contributed by atoms with Crippen LogP contribution >= 0.6 is 0 Å². The molecule has 3 rings (SSSR count). The van der Waals surface area contributed by atoms with Crippen molar-refractivity contribution >= 4 is 17.3 Å². The molecule has 0 aromatic heterocycles. The van der Waals surface area contributed by atoms with E-state index in [-0.39, 0.29) is 17.6 Å². The van der Waals surface area contributed by atoms with Crippen LogP contribution in [-0.2, 0) is 24.4 Å². The zero-order valence-electron chi connectivity index (χ0n) is 21.8. The zero-order chi connectivity index (χ0) is 26.1. The molecule has 2 amide bonds. The quantitative estimate of drug-likeness (QED) is 0.391. The van der Waals surface area contributed by atoms with E-state index in [9.17, 15) is 9.00 Å². The first-order valence-corrected chi connectivity index (χ1v) is 13.7. The van der Waals surface area contributed by atoms with Crippen molar-refractivity contribution in [2.45, 2.75) is 71.6 Å². The maximum absolute atomic E-state index is 12.8. The highest BCUT2D eigenvalue weighted by Gasteiger charge is 2.29. The van der Waals surface area contributed by atoms with Gasteiger partial charge in [-0.2, -0.15) is 0 Å². The Morgan fingerprint density at radius 3 is 2.11 bits per heavy atom. The van der Waals surface area contributed by atoms with Crippen molar-refractivity contribution in [1.82, 2.24) is 19.8 Å². The molecule has 0 radical (unpaired) electrons. The van der Waals surface area contributed by atoms with Crippen LogP contribution in [0.4, 0.5) is 4.79 Å². The highest BCUT2D eigenvalue weighted by atomic mass is 32.2. The fourth-order valence-electron chi connectivity index (χ4n) is 4.35. The normalized spacial score (nSPS) is 15.9. The van der Waals surface area contributed by atoms with Gasteiger partial charge >= 0.3 is 6.03 Å². The number of piperidine rings is 1. The van der Waals surface area contributed by atoms with Gasteiger partial charge < -0.3 is 15.0 Å². The molecule has 0 spiro atoms. The van der Waals surface area contributed by atoms with E-state index in [0.717, 1.165) is 56.8 Å². The average Bonchev–Trinajstić information content (AvgIpc) is 2.83. The smallest absolute Gasteiger partial charge is 0.318 e. The molecule has 1 atom stereocenters. The van der Waals surface area contributed by atoms with Gasteiger partial charge in [-0.1, -0.05) is 31.2 Å². The molecule has 3 N–H and O–H groups in total. The van der Waals surface area contributed by atoms with Crippen LogP contribution in [0.2, 0.25) is 0 Å². The Kier molecular flexibility index (Phi) is 10.3. The maximum Gasteiger partial charge on any atom is 0.318 e. The summed E-state index contributed by atoms with van der Waals surface area (Å²) in [5.74, 6) is 1.48. The van der Waals surface area contributed by atoms with Gasteiger partial charge in [0.25, 0.3) is 0 Å². The topological polar surface area (TPSA) is 94.1 Å². The van der Waals surface area contributed by atoms with Crippen molar-refractivity contribution in [3.8, 4) is 11.5 Å². The summed E-state index contributed by atoms with van der Waals surface area (Å²) >= 11 is -2.02. The van der Waals surface area contributed by atoms with Crippen molar-refractivity contribution in [2.24, 2.45) is 0 Å². The van der Waals surface area contributed by atoms with Gasteiger partial charge in [0.15, 0.2) is 0 Å². The molecule has 0 aliphatic carbocycles. The standard InChI is InChI=1S/C27H40N4O4S/c1-5-16-31(26(32)29-27(2,3)4)23-14-17-30(18-15-23)20-22-8-12-25(13-9-22)35-24-10-6-21(7-11-24)19-28-36(33)34/h6-13,23,28H,5,14-20H2,1-4H3,(H,29,32)(H,33,34). The minimum atomic E-state index is -2.02. The number of carbonyl (C=O) groups excluding carboxylic acids is 1. The van der Waals surface area contributed by atoms with Crippen LogP contribution in [0.25, 0.3) is 0 Å². The molecule has 1 unspecified atom stereocenters. The molecule has 8 nitrogen and oxygen atoms in total. The lowest BCUT2D eigenvalue weighted by atomic mass is 10.0. The van der Waals surface area contributed by atoms with Crippen molar-refractivity contribution in [3.05, 3.63) is 59.7 Å². The fraction of sp³-hybridized carbons (Fsp3) is 0.519. The summed E-state index contributed by atoms with van der Waals surface area (Å²) in [6.45, 7) is 12.1. The number of nitrogens with one attached hydrogen (secondary N) is 2. The molecule has 0 bridgehead atoms. The Balaban J connectivity index is 1.48. The fourth-order valence-corrected chi connectivity index (χ4v) is 4.64. The second kappa shape index (κ2) is 13.2. The van der Waals surface area contributed by atoms with Gasteiger partial charge in [0.2, 0.25) is 11.3 Å². The molecule has 1 heterocycles. The van der Waals surface area contributed by atoms with Crippen LogP contribution in [0.1, 0.15) is 58.1 Å². The second-order valence-corrected chi connectivity index (χ2v) is 11.1. The van der Waals surface area contributed by atoms with Crippen LogP contribution in [-0.4, -0.2) is 55.8 Å². The third-order valence-corrected chi connectivity index (χ3v) is 6.48. The molecule has 1 aliphatic heterocycles. The average molecular weight is 517 g/mol. The van der Waals surface area contributed by atoms with Gasteiger partial charge in [-0.25, -0.2) is 13.7 Å². The van der Waals surface area contributed by atoms with Gasteiger partial charge in [-0.15, -0.1) is 0 Å². The number of hydrogen-bond acceptors (Lipinski definition) is 4. The number of benzene rings is 2. The van der Waals surface area contributed by atoms with E-state index in [1.165, 1.54) is 5.56 Å². The van der Waals surface area contributed by atoms with Crippen LogP contribution in [0.3, 0.4) is 0 Å². The van der Waals surface area contributed by atoms with E-state index >= 15 is 0 Å². The summed E-state index contributed by atoms with van der Waals surface area (Å²) in [6.07, 6.45) is 2.93. The Morgan fingerprint density at radius 1 is 1.06 bits per heavy atom. The summed E-state index contributed by atoms with van der Waals surface area (Å²) in [5, 5.41) is 3.13. The molecule has 9 heteroatoms. The number of rotatable bonds is 10. The molecular weight excluding hydrogens is 476 g/mol. The molecule has 1 aliphatic rings. The molecule has 0 saturated carbocycles. The number of amides is 2. The van der Waals surface area contributed by atoms with Crippen LogP contribution in [0, 0.1) is 0 Å². The van der Waals surface area contributed by atoms with Gasteiger partial charge in [-0.05, 0) is 75.4 Å². The lowest BCUT2D eigenvalue weighted by Gasteiger charge is -2.39. The number of hydrogen-bond donors (Lipinski definition) is 3. The largest absolute Gasteiger partial charge is 0.457 e. The number of urea groups is 1. The minimum absolute atomic E-state index is 0.0475. The number of likely N-dealkylation sites (tertiary alicyclic amines) is 1.